The molecule has 0 radical (unpaired) electrons. The molecule has 0 fully saturated rings. The van der Waals surface area contributed by atoms with E-state index in [0.717, 1.165) is 22.7 Å². The average Bonchev–Trinajstić information content (AvgIpc) is 3.87. The summed E-state index contributed by atoms with van der Waals surface area (Å²) in [4.78, 5) is 4.96. The number of hydrogen-bond acceptors (Lipinski definition) is 2. The molecule has 0 unspecified atom stereocenters. The lowest BCUT2D eigenvalue weighted by Gasteiger charge is -2.40. The summed E-state index contributed by atoms with van der Waals surface area (Å²) >= 11 is 1.92. The first-order chi connectivity index (χ1) is 31.8. The zero-order chi connectivity index (χ0) is 42.2. The lowest BCUT2D eigenvalue weighted by molar-refractivity contribution is 0.724. The van der Waals surface area contributed by atoms with E-state index in [1.54, 1.807) is 0 Å². The van der Waals surface area contributed by atoms with E-state index in [2.05, 4.69) is 252 Å². The van der Waals surface area contributed by atoms with Crippen molar-refractivity contribution in [1.29, 1.82) is 0 Å². The van der Waals surface area contributed by atoms with Crippen LogP contribution in [0.3, 0.4) is 0 Å². The van der Waals surface area contributed by atoms with Gasteiger partial charge in [-0.2, -0.15) is 0 Å². The van der Waals surface area contributed by atoms with Crippen LogP contribution in [-0.4, -0.2) is 4.57 Å². The molecule has 10 aromatic carbocycles. The maximum Gasteiger partial charge on any atom is 0.0736 e. The van der Waals surface area contributed by atoms with Crippen LogP contribution in [-0.2, 0) is 5.41 Å². The second-order valence-corrected chi connectivity index (χ2v) is 17.9. The third-order valence-corrected chi connectivity index (χ3v) is 14.7. The maximum absolute atomic E-state index is 2.51. The molecule has 1 aliphatic heterocycles. The fourth-order valence-corrected chi connectivity index (χ4v) is 12.0. The van der Waals surface area contributed by atoms with Crippen LogP contribution < -0.4 is 4.90 Å². The summed E-state index contributed by atoms with van der Waals surface area (Å²) in [5, 5.41) is 2.52. The van der Waals surface area contributed by atoms with Gasteiger partial charge in [0, 0.05) is 43.3 Å². The summed E-state index contributed by atoms with van der Waals surface area (Å²) in [6.45, 7) is 0. The molecule has 300 valence electrons. The van der Waals surface area contributed by atoms with Gasteiger partial charge in [0.1, 0.15) is 0 Å². The van der Waals surface area contributed by atoms with Gasteiger partial charge in [0.15, 0.2) is 0 Å². The topological polar surface area (TPSA) is 8.17 Å². The van der Waals surface area contributed by atoms with E-state index in [9.17, 15) is 0 Å². The molecular formula is C61H40N2S. The first-order valence-corrected chi connectivity index (χ1v) is 22.8. The Morgan fingerprint density at radius 1 is 0.344 bits per heavy atom. The van der Waals surface area contributed by atoms with Gasteiger partial charge in [-0.25, -0.2) is 0 Å². The van der Waals surface area contributed by atoms with Crippen molar-refractivity contribution in [1.82, 2.24) is 4.57 Å². The highest BCUT2D eigenvalue weighted by Gasteiger charge is 2.50. The highest BCUT2D eigenvalue weighted by Crippen LogP contribution is 2.63. The van der Waals surface area contributed by atoms with Gasteiger partial charge >= 0.3 is 0 Å². The summed E-state index contributed by atoms with van der Waals surface area (Å²) in [7, 11) is 0. The van der Waals surface area contributed by atoms with E-state index in [-0.39, 0.29) is 0 Å². The number of aromatic nitrogens is 1. The van der Waals surface area contributed by atoms with Crippen molar-refractivity contribution in [2.75, 3.05) is 4.90 Å². The summed E-state index contributed by atoms with van der Waals surface area (Å²) in [6, 6.07) is 89.2. The van der Waals surface area contributed by atoms with Crippen LogP contribution >= 0.6 is 11.8 Å². The number of rotatable bonds is 6. The molecular weight excluding hydrogens is 793 g/mol. The predicted molar refractivity (Wildman–Crippen MR) is 268 cm³/mol. The molecule has 2 heterocycles. The van der Waals surface area contributed by atoms with Gasteiger partial charge < -0.3 is 9.47 Å². The molecule has 0 bridgehead atoms. The van der Waals surface area contributed by atoms with Gasteiger partial charge in [-0.3, -0.25) is 0 Å². The normalized spacial score (nSPS) is 13.1. The Bertz CT molecular complexity index is 3510. The summed E-state index contributed by atoms with van der Waals surface area (Å²) in [5.74, 6) is 0. The molecule has 1 spiro atoms. The highest BCUT2D eigenvalue weighted by molar-refractivity contribution is 7.99. The van der Waals surface area contributed by atoms with Crippen LogP contribution in [0.4, 0.5) is 17.1 Å². The minimum atomic E-state index is -0.443. The third kappa shape index (κ3) is 5.48. The lowest BCUT2D eigenvalue weighted by atomic mass is 9.67. The molecule has 0 saturated carbocycles. The van der Waals surface area contributed by atoms with E-state index in [4.69, 9.17) is 0 Å². The molecule has 0 atom stereocenters. The Labute approximate surface area is 377 Å². The van der Waals surface area contributed by atoms with Crippen molar-refractivity contribution in [2.24, 2.45) is 0 Å². The minimum Gasteiger partial charge on any atom is -0.311 e. The number of anilines is 3. The van der Waals surface area contributed by atoms with Crippen LogP contribution in [0.25, 0.3) is 60.9 Å². The Kier molecular flexibility index (Phi) is 8.40. The molecule has 2 nitrogen and oxygen atoms in total. The minimum absolute atomic E-state index is 0.443. The predicted octanol–water partition coefficient (Wildman–Crippen LogP) is 16.4. The second-order valence-electron chi connectivity index (χ2n) is 16.8. The first kappa shape index (κ1) is 36.8. The van der Waals surface area contributed by atoms with Crippen LogP contribution in [0.5, 0.6) is 0 Å². The van der Waals surface area contributed by atoms with Gasteiger partial charge in [-0.05, 0) is 116 Å². The Morgan fingerprint density at radius 2 is 0.828 bits per heavy atom. The monoisotopic (exact) mass is 832 g/mol. The Balaban J connectivity index is 0.949. The summed E-state index contributed by atoms with van der Waals surface area (Å²) < 4.78 is 2.51. The molecule has 2 aliphatic rings. The smallest absolute Gasteiger partial charge is 0.0736 e. The molecule has 0 amide bonds. The molecule has 11 aromatic rings. The van der Waals surface area contributed by atoms with E-state index in [0.29, 0.717) is 0 Å². The van der Waals surface area contributed by atoms with Crippen molar-refractivity contribution in [3.05, 3.63) is 265 Å². The van der Waals surface area contributed by atoms with Crippen molar-refractivity contribution in [3.63, 3.8) is 0 Å². The van der Waals surface area contributed by atoms with Crippen LogP contribution in [0.2, 0.25) is 0 Å². The van der Waals surface area contributed by atoms with Crippen LogP contribution in [0.15, 0.2) is 252 Å². The number of fused-ring (bicyclic) bond motifs is 13. The molecule has 0 N–H and O–H groups in total. The van der Waals surface area contributed by atoms with Crippen molar-refractivity contribution in [2.45, 2.75) is 15.2 Å². The summed E-state index contributed by atoms with van der Waals surface area (Å²) in [6.07, 6.45) is 0. The van der Waals surface area contributed by atoms with Crippen molar-refractivity contribution < 1.29 is 0 Å². The number of nitrogens with zero attached hydrogens (tertiary/aromatic N) is 2. The van der Waals surface area contributed by atoms with Crippen molar-refractivity contribution >= 4 is 50.6 Å². The number of hydrogen-bond donors (Lipinski definition) is 0. The fraction of sp³-hybridized carbons (Fsp3) is 0.0164. The molecule has 3 heteroatoms. The van der Waals surface area contributed by atoms with Gasteiger partial charge in [0.25, 0.3) is 0 Å². The molecule has 64 heavy (non-hydrogen) atoms. The molecule has 0 saturated heterocycles. The van der Waals surface area contributed by atoms with Crippen LogP contribution in [0.1, 0.15) is 22.3 Å². The van der Waals surface area contributed by atoms with Crippen LogP contribution in [0, 0.1) is 0 Å². The first-order valence-electron chi connectivity index (χ1n) is 22.0. The number of para-hydroxylation sites is 2. The number of benzene rings is 10. The Hall–Kier alpha value is -7.85. The quantitative estimate of drug-likeness (QED) is 0.165. The zero-order valence-corrected chi connectivity index (χ0v) is 35.7. The van der Waals surface area contributed by atoms with Gasteiger partial charge in [-0.1, -0.05) is 194 Å². The second kappa shape index (κ2) is 14.6. The lowest BCUT2D eigenvalue weighted by Crippen LogP contribution is -2.32. The molecule has 1 aliphatic carbocycles. The largest absolute Gasteiger partial charge is 0.311 e. The van der Waals surface area contributed by atoms with E-state index in [1.807, 2.05) is 11.8 Å². The zero-order valence-electron chi connectivity index (χ0n) is 34.9. The molecule has 1 aromatic heterocycles. The molecule has 13 rings (SSSR count). The van der Waals surface area contributed by atoms with Gasteiger partial charge in [0.2, 0.25) is 0 Å². The Morgan fingerprint density at radius 3 is 1.48 bits per heavy atom. The maximum atomic E-state index is 2.51. The van der Waals surface area contributed by atoms with Gasteiger partial charge in [0.05, 0.1) is 16.4 Å². The van der Waals surface area contributed by atoms with Gasteiger partial charge in [-0.15, -0.1) is 0 Å². The fourth-order valence-electron chi connectivity index (χ4n) is 10.7. The average molecular weight is 833 g/mol. The van der Waals surface area contributed by atoms with E-state index >= 15 is 0 Å². The summed E-state index contributed by atoms with van der Waals surface area (Å²) in [5.41, 5.74) is 19.3. The third-order valence-electron chi connectivity index (χ3n) is 13.5. The highest BCUT2D eigenvalue weighted by atomic mass is 32.2. The SMILES string of the molecule is c1ccc(-c2ccc(-c3ccc(N(c4ccccc4)c4ccc(-n5c6ccccc6c6ccc7c(c65)Sc5ccccc5C75c6ccccc6-c6ccccc65)cc4)cc3)cc2)cc1. The van der Waals surface area contributed by atoms with Crippen molar-refractivity contribution in [3.8, 4) is 39.1 Å². The van der Waals surface area contributed by atoms with E-state index in [1.165, 1.54) is 87.2 Å². The van der Waals surface area contributed by atoms with E-state index < -0.39 is 5.41 Å². The standard InChI is InChI=1S/C61H40N2S/c1-3-15-41(16-4-1)42-27-29-43(30-28-42)44-31-33-46(34-32-44)62(45-17-5-2-6-18-45)47-35-37-48(38-36-47)63-57-25-13-9-21-51(57)52-39-40-56-60(59(52)63)64-58-26-14-12-24-55(58)61(56)53-22-10-7-19-49(53)50-20-8-11-23-54(50)61/h1-40H.